The molecule has 1 unspecified atom stereocenters. The fourth-order valence-electron chi connectivity index (χ4n) is 3.05. The lowest BCUT2D eigenvalue weighted by Crippen LogP contribution is -2.41. The summed E-state index contributed by atoms with van der Waals surface area (Å²) in [6.45, 7) is 5.16. The number of fused-ring (bicyclic) bond motifs is 1. The molecular formula is C20H20F3NO2. The van der Waals surface area contributed by atoms with Gasteiger partial charge in [0, 0.05) is 11.6 Å². The van der Waals surface area contributed by atoms with Crippen LogP contribution in [0.3, 0.4) is 0 Å². The number of amides is 1. The van der Waals surface area contributed by atoms with E-state index in [9.17, 15) is 18.0 Å². The van der Waals surface area contributed by atoms with Crippen molar-refractivity contribution in [1.82, 2.24) is 4.90 Å². The molecular weight excluding hydrogens is 343 g/mol. The summed E-state index contributed by atoms with van der Waals surface area (Å²) < 4.78 is 47.5. The van der Waals surface area contributed by atoms with Gasteiger partial charge in [0.2, 0.25) is 0 Å². The van der Waals surface area contributed by atoms with Gasteiger partial charge in [0.15, 0.2) is 0 Å². The van der Waals surface area contributed by atoms with Crippen molar-refractivity contribution >= 4 is 6.09 Å². The van der Waals surface area contributed by atoms with Crippen molar-refractivity contribution in [3.63, 3.8) is 0 Å². The summed E-state index contributed by atoms with van der Waals surface area (Å²) in [5, 5.41) is 0. The molecule has 1 aliphatic heterocycles. The smallest absolute Gasteiger partial charge is 0.410 e. The molecule has 0 fully saturated rings. The zero-order valence-electron chi connectivity index (χ0n) is 14.9. The first kappa shape index (κ1) is 18.3. The molecule has 2 aromatic rings. The van der Waals surface area contributed by atoms with Gasteiger partial charge < -0.3 is 9.64 Å². The van der Waals surface area contributed by atoms with E-state index in [-0.39, 0.29) is 18.7 Å². The molecule has 0 aromatic heterocycles. The lowest BCUT2D eigenvalue weighted by atomic mass is 9.90. The Balaban J connectivity index is 2.01. The third-order valence-electron chi connectivity index (χ3n) is 4.15. The maximum Gasteiger partial charge on any atom is 0.410 e. The Bertz CT molecular complexity index is 845. The first-order chi connectivity index (χ1) is 12.2. The quantitative estimate of drug-likeness (QED) is 0.680. The number of nitrogens with zero attached hydrogens (tertiary/aromatic N) is 1. The SMILES string of the molecule is CC(C)(C)OC(=O)N1Cc2c(-c3ccc(F)cc3F)cccc2C(F)C1. The van der Waals surface area contributed by atoms with Gasteiger partial charge in [-0.15, -0.1) is 0 Å². The topological polar surface area (TPSA) is 29.5 Å². The molecule has 0 N–H and O–H groups in total. The van der Waals surface area contributed by atoms with Crippen molar-refractivity contribution in [3.8, 4) is 11.1 Å². The standard InChI is InChI=1S/C20H20F3NO2/c1-20(2,3)26-19(25)24-10-16-13(5-4-6-14(16)18(23)11-24)15-8-7-12(21)9-17(15)22/h4-9,18H,10-11H2,1-3H3. The largest absolute Gasteiger partial charge is 0.444 e. The van der Waals surface area contributed by atoms with Crippen LogP contribution in [0.1, 0.15) is 38.1 Å². The van der Waals surface area contributed by atoms with E-state index in [1.165, 1.54) is 11.0 Å². The van der Waals surface area contributed by atoms with Crippen LogP contribution in [0.2, 0.25) is 0 Å². The maximum absolute atomic E-state index is 14.7. The fourth-order valence-corrected chi connectivity index (χ4v) is 3.05. The highest BCUT2D eigenvalue weighted by atomic mass is 19.1. The molecule has 0 radical (unpaired) electrons. The van der Waals surface area contributed by atoms with E-state index in [2.05, 4.69) is 0 Å². The highest BCUT2D eigenvalue weighted by Crippen LogP contribution is 2.37. The Morgan fingerprint density at radius 1 is 1.15 bits per heavy atom. The number of hydrogen-bond donors (Lipinski definition) is 0. The summed E-state index contributed by atoms with van der Waals surface area (Å²) in [5.41, 5.74) is 0.817. The number of rotatable bonds is 1. The van der Waals surface area contributed by atoms with Crippen LogP contribution in [-0.2, 0) is 11.3 Å². The zero-order chi connectivity index (χ0) is 19.1. The number of alkyl halides is 1. The molecule has 6 heteroatoms. The van der Waals surface area contributed by atoms with Gasteiger partial charge in [0.1, 0.15) is 23.4 Å². The van der Waals surface area contributed by atoms with Crippen molar-refractivity contribution in [3.05, 3.63) is 59.2 Å². The van der Waals surface area contributed by atoms with Gasteiger partial charge in [-0.2, -0.15) is 0 Å². The van der Waals surface area contributed by atoms with Crippen LogP contribution in [0, 0.1) is 11.6 Å². The molecule has 0 saturated carbocycles. The first-order valence-electron chi connectivity index (χ1n) is 8.35. The molecule has 1 aliphatic rings. The molecule has 2 aromatic carbocycles. The second kappa shape index (κ2) is 6.67. The second-order valence-electron chi connectivity index (χ2n) is 7.33. The van der Waals surface area contributed by atoms with E-state index in [1.54, 1.807) is 39.0 Å². The summed E-state index contributed by atoms with van der Waals surface area (Å²) in [4.78, 5) is 13.6. The minimum absolute atomic E-state index is 0.0949. The summed E-state index contributed by atoms with van der Waals surface area (Å²) in [7, 11) is 0. The van der Waals surface area contributed by atoms with Crippen LogP contribution in [0.5, 0.6) is 0 Å². The molecule has 0 aliphatic carbocycles. The molecule has 1 amide bonds. The van der Waals surface area contributed by atoms with Gasteiger partial charge in [-0.3, -0.25) is 0 Å². The molecule has 1 atom stereocenters. The summed E-state index contributed by atoms with van der Waals surface area (Å²) in [6.07, 6.45) is -2.03. The number of halogens is 3. The Morgan fingerprint density at radius 2 is 1.88 bits per heavy atom. The third-order valence-corrected chi connectivity index (χ3v) is 4.15. The minimum Gasteiger partial charge on any atom is -0.444 e. The summed E-state index contributed by atoms with van der Waals surface area (Å²) in [5.74, 6) is -1.42. The summed E-state index contributed by atoms with van der Waals surface area (Å²) in [6, 6.07) is 8.15. The molecule has 1 heterocycles. The highest BCUT2D eigenvalue weighted by Gasteiger charge is 2.32. The molecule has 0 saturated heterocycles. The highest BCUT2D eigenvalue weighted by molar-refractivity contribution is 5.73. The van der Waals surface area contributed by atoms with Crippen LogP contribution in [0.25, 0.3) is 11.1 Å². The summed E-state index contributed by atoms with van der Waals surface area (Å²) >= 11 is 0. The molecule has 138 valence electrons. The molecule has 0 bridgehead atoms. The van der Waals surface area contributed by atoms with Crippen LogP contribution in [-0.4, -0.2) is 23.1 Å². The van der Waals surface area contributed by atoms with E-state index < -0.39 is 29.5 Å². The Labute approximate surface area is 150 Å². The Kier molecular flexibility index (Phi) is 4.69. The van der Waals surface area contributed by atoms with Crippen LogP contribution < -0.4 is 0 Å². The zero-order valence-corrected chi connectivity index (χ0v) is 14.9. The van der Waals surface area contributed by atoms with E-state index in [0.717, 1.165) is 12.1 Å². The van der Waals surface area contributed by atoms with Gasteiger partial charge in [0.25, 0.3) is 0 Å². The van der Waals surface area contributed by atoms with Crippen molar-refractivity contribution in [2.24, 2.45) is 0 Å². The predicted molar refractivity (Wildman–Crippen MR) is 92.3 cm³/mol. The number of hydrogen-bond acceptors (Lipinski definition) is 2. The van der Waals surface area contributed by atoms with Crippen molar-refractivity contribution in [2.45, 2.75) is 39.1 Å². The molecule has 26 heavy (non-hydrogen) atoms. The van der Waals surface area contributed by atoms with Gasteiger partial charge in [0.05, 0.1) is 13.1 Å². The number of ether oxygens (including phenoxy) is 1. The van der Waals surface area contributed by atoms with Gasteiger partial charge in [-0.25, -0.2) is 18.0 Å². The lowest BCUT2D eigenvalue weighted by Gasteiger charge is -2.34. The van der Waals surface area contributed by atoms with Crippen molar-refractivity contribution < 1.29 is 22.7 Å². The van der Waals surface area contributed by atoms with E-state index in [0.29, 0.717) is 16.7 Å². The number of carbonyl (C=O) groups excluding carboxylic acids is 1. The second-order valence-corrected chi connectivity index (χ2v) is 7.33. The van der Waals surface area contributed by atoms with Gasteiger partial charge in [-0.05, 0) is 49.6 Å². The van der Waals surface area contributed by atoms with E-state index in [1.807, 2.05) is 0 Å². The van der Waals surface area contributed by atoms with Gasteiger partial charge in [-0.1, -0.05) is 18.2 Å². The van der Waals surface area contributed by atoms with Crippen LogP contribution >= 0.6 is 0 Å². The van der Waals surface area contributed by atoms with E-state index >= 15 is 0 Å². The number of benzene rings is 2. The lowest BCUT2D eigenvalue weighted by molar-refractivity contribution is 0.0160. The average molecular weight is 363 g/mol. The normalized spacial score (nSPS) is 17.0. The van der Waals surface area contributed by atoms with Crippen molar-refractivity contribution in [1.29, 1.82) is 0 Å². The fraction of sp³-hybridized carbons (Fsp3) is 0.350. The van der Waals surface area contributed by atoms with Crippen LogP contribution in [0.4, 0.5) is 18.0 Å². The third kappa shape index (κ3) is 3.69. The molecule has 0 spiro atoms. The average Bonchev–Trinajstić information content (AvgIpc) is 2.53. The van der Waals surface area contributed by atoms with Gasteiger partial charge >= 0.3 is 6.09 Å². The molecule has 3 nitrogen and oxygen atoms in total. The monoisotopic (exact) mass is 363 g/mol. The minimum atomic E-state index is -1.41. The number of carbonyl (C=O) groups is 1. The van der Waals surface area contributed by atoms with E-state index in [4.69, 9.17) is 4.74 Å². The Hall–Kier alpha value is -2.50. The maximum atomic E-state index is 14.7. The molecule has 3 rings (SSSR count). The first-order valence-corrected chi connectivity index (χ1v) is 8.35. The Morgan fingerprint density at radius 3 is 2.54 bits per heavy atom. The van der Waals surface area contributed by atoms with Crippen LogP contribution in [0.15, 0.2) is 36.4 Å². The predicted octanol–water partition coefficient (Wildman–Crippen LogP) is 5.39. The van der Waals surface area contributed by atoms with Crippen molar-refractivity contribution in [2.75, 3.05) is 6.54 Å².